The fourth-order valence-corrected chi connectivity index (χ4v) is 3.25. The molecule has 0 spiro atoms. The predicted octanol–water partition coefficient (Wildman–Crippen LogP) is 3.53. The molecule has 1 aromatic carbocycles. The minimum Gasteiger partial charge on any atom is -0.496 e. The van der Waals surface area contributed by atoms with Gasteiger partial charge in [0.2, 0.25) is 0 Å². The van der Waals surface area contributed by atoms with Crippen molar-refractivity contribution in [2.24, 2.45) is 17.6 Å². The number of nitrogens with two attached hydrogens (primary N) is 1. The summed E-state index contributed by atoms with van der Waals surface area (Å²) >= 11 is 0. The quantitative estimate of drug-likeness (QED) is 0.884. The van der Waals surface area contributed by atoms with Gasteiger partial charge in [0.15, 0.2) is 0 Å². The van der Waals surface area contributed by atoms with Gasteiger partial charge in [0.25, 0.3) is 0 Å². The van der Waals surface area contributed by atoms with Gasteiger partial charge in [0, 0.05) is 6.04 Å². The topological polar surface area (TPSA) is 44.5 Å². The van der Waals surface area contributed by atoms with E-state index in [9.17, 15) is 0 Å². The number of hydrogen-bond donors (Lipinski definition) is 1. The van der Waals surface area contributed by atoms with Gasteiger partial charge in [-0.2, -0.15) is 0 Å². The molecule has 3 nitrogen and oxygen atoms in total. The zero-order valence-corrected chi connectivity index (χ0v) is 12.2. The number of benzene rings is 1. The third-order valence-corrected chi connectivity index (χ3v) is 4.47. The van der Waals surface area contributed by atoms with Crippen LogP contribution in [0.5, 0.6) is 11.5 Å². The summed E-state index contributed by atoms with van der Waals surface area (Å²) in [6.45, 7) is 2.27. The molecule has 1 saturated carbocycles. The zero-order valence-electron chi connectivity index (χ0n) is 12.2. The summed E-state index contributed by atoms with van der Waals surface area (Å²) in [4.78, 5) is 0. The van der Waals surface area contributed by atoms with Crippen molar-refractivity contribution in [3.05, 3.63) is 23.8 Å². The monoisotopic (exact) mass is 263 g/mol. The standard InChI is InChI=1S/C16H25NO2/c1-4-11-8-9-12(10-11)16(17)15-13(18-2)6-5-7-14(15)19-3/h5-7,11-12,16H,4,8-10,17H2,1-3H3. The Morgan fingerprint density at radius 1 is 1.21 bits per heavy atom. The van der Waals surface area contributed by atoms with Crippen molar-refractivity contribution in [2.75, 3.05) is 14.2 Å². The Morgan fingerprint density at radius 3 is 2.32 bits per heavy atom. The number of hydrogen-bond acceptors (Lipinski definition) is 3. The third kappa shape index (κ3) is 2.86. The molecule has 3 atom stereocenters. The summed E-state index contributed by atoms with van der Waals surface area (Å²) in [6.07, 6.45) is 4.98. The fraction of sp³-hybridized carbons (Fsp3) is 0.625. The van der Waals surface area contributed by atoms with E-state index in [1.165, 1.54) is 25.7 Å². The Bertz CT molecular complexity index is 397. The number of rotatable bonds is 5. The lowest BCUT2D eigenvalue weighted by atomic mass is 9.90. The minimum atomic E-state index is 0.00245. The molecule has 2 N–H and O–H groups in total. The van der Waals surface area contributed by atoms with Crippen molar-refractivity contribution < 1.29 is 9.47 Å². The lowest BCUT2D eigenvalue weighted by molar-refractivity contribution is 0.352. The van der Waals surface area contributed by atoms with E-state index < -0.39 is 0 Å². The van der Waals surface area contributed by atoms with Crippen molar-refractivity contribution >= 4 is 0 Å². The van der Waals surface area contributed by atoms with Crippen LogP contribution in [0.1, 0.15) is 44.2 Å². The van der Waals surface area contributed by atoms with Crippen LogP contribution in [0.3, 0.4) is 0 Å². The molecular weight excluding hydrogens is 238 g/mol. The molecule has 0 aliphatic heterocycles. The fourth-order valence-electron chi connectivity index (χ4n) is 3.25. The molecule has 0 amide bonds. The van der Waals surface area contributed by atoms with E-state index in [4.69, 9.17) is 15.2 Å². The highest BCUT2D eigenvalue weighted by Gasteiger charge is 2.31. The van der Waals surface area contributed by atoms with E-state index >= 15 is 0 Å². The lowest BCUT2D eigenvalue weighted by Crippen LogP contribution is -2.21. The molecule has 0 aromatic heterocycles. The first-order valence-electron chi connectivity index (χ1n) is 7.17. The smallest absolute Gasteiger partial charge is 0.127 e. The summed E-state index contributed by atoms with van der Waals surface area (Å²) in [5.74, 6) is 3.05. The summed E-state index contributed by atoms with van der Waals surface area (Å²) in [5.41, 5.74) is 7.53. The van der Waals surface area contributed by atoms with Crippen molar-refractivity contribution in [1.29, 1.82) is 0 Å². The minimum absolute atomic E-state index is 0.00245. The van der Waals surface area contributed by atoms with Crippen molar-refractivity contribution in [1.82, 2.24) is 0 Å². The van der Waals surface area contributed by atoms with E-state index in [1.807, 2.05) is 18.2 Å². The highest BCUT2D eigenvalue weighted by Crippen LogP contribution is 2.44. The second-order valence-electron chi connectivity index (χ2n) is 5.45. The second kappa shape index (κ2) is 6.29. The first-order chi connectivity index (χ1) is 9.21. The zero-order chi connectivity index (χ0) is 13.8. The van der Waals surface area contributed by atoms with Crippen LogP contribution < -0.4 is 15.2 Å². The Labute approximate surface area is 116 Å². The van der Waals surface area contributed by atoms with Crippen LogP contribution in [-0.2, 0) is 0 Å². The molecule has 0 heterocycles. The Balaban J connectivity index is 2.25. The third-order valence-electron chi connectivity index (χ3n) is 4.47. The molecule has 1 aliphatic carbocycles. The van der Waals surface area contributed by atoms with Gasteiger partial charge < -0.3 is 15.2 Å². The normalized spacial score (nSPS) is 24.2. The molecule has 1 aliphatic rings. The van der Waals surface area contributed by atoms with Gasteiger partial charge >= 0.3 is 0 Å². The van der Waals surface area contributed by atoms with Crippen LogP contribution >= 0.6 is 0 Å². The first-order valence-corrected chi connectivity index (χ1v) is 7.17. The van der Waals surface area contributed by atoms with E-state index in [0.717, 1.165) is 23.0 Å². The Kier molecular flexibility index (Phi) is 4.70. The van der Waals surface area contributed by atoms with E-state index in [0.29, 0.717) is 5.92 Å². The number of methoxy groups -OCH3 is 2. The molecule has 3 unspecified atom stereocenters. The van der Waals surface area contributed by atoms with Crippen LogP contribution in [0.15, 0.2) is 18.2 Å². The summed E-state index contributed by atoms with van der Waals surface area (Å²) in [5, 5.41) is 0. The molecule has 1 fully saturated rings. The highest BCUT2D eigenvalue weighted by molar-refractivity contribution is 5.47. The van der Waals surface area contributed by atoms with Gasteiger partial charge in [-0.05, 0) is 36.8 Å². The average molecular weight is 263 g/mol. The first kappa shape index (κ1) is 14.2. The summed E-state index contributed by atoms with van der Waals surface area (Å²) < 4.78 is 10.9. The lowest BCUT2D eigenvalue weighted by Gasteiger charge is -2.24. The Morgan fingerprint density at radius 2 is 1.84 bits per heavy atom. The molecule has 0 radical (unpaired) electrons. The highest BCUT2D eigenvalue weighted by atomic mass is 16.5. The maximum absolute atomic E-state index is 6.51. The SMILES string of the molecule is CCC1CCC(C(N)c2c(OC)cccc2OC)C1. The van der Waals surface area contributed by atoms with Crippen LogP contribution in [0.25, 0.3) is 0 Å². The maximum atomic E-state index is 6.51. The summed E-state index contributed by atoms with van der Waals surface area (Å²) in [7, 11) is 3.38. The number of ether oxygens (including phenoxy) is 2. The van der Waals surface area contributed by atoms with Gasteiger partial charge in [-0.15, -0.1) is 0 Å². The van der Waals surface area contributed by atoms with Gasteiger partial charge in [0.05, 0.1) is 19.8 Å². The average Bonchev–Trinajstić information content (AvgIpc) is 2.94. The van der Waals surface area contributed by atoms with E-state index in [1.54, 1.807) is 14.2 Å². The molecule has 2 rings (SSSR count). The van der Waals surface area contributed by atoms with Gasteiger partial charge in [-0.25, -0.2) is 0 Å². The largest absolute Gasteiger partial charge is 0.496 e. The molecular formula is C16H25NO2. The van der Waals surface area contributed by atoms with Crippen molar-refractivity contribution in [3.63, 3.8) is 0 Å². The molecule has 106 valence electrons. The molecule has 1 aromatic rings. The van der Waals surface area contributed by atoms with Crippen molar-refractivity contribution in [2.45, 2.75) is 38.6 Å². The van der Waals surface area contributed by atoms with Crippen LogP contribution in [0.2, 0.25) is 0 Å². The molecule has 0 saturated heterocycles. The van der Waals surface area contributed by atoms with Crippen LogP contribution in [0, 0.1) is 11.8 Å². The molecule has 0 bridgehead atoms. The van der Waals surface area contributed by atoms with Crippen LogP contribution in [-0.4, -0.2) is 14.2 Å². The molecule has 3 heteroatoms. The predicted molar refractivity (Wildman–Crippen MR) is 77.6 cm³/mol. The van der Waals surface area contributed by atoms with Gasteiger partial charge in [-0.1, -0.05) is 25.8 Å². The Hall–Kier alpha value is -1.22. The van der Waals surface area contributed by atoms with Crippen molar-refractivity contribution in [3.8, 4) is 11.5 Å². The van der Waals surface area contributed by atoms with E-state index in [-0.39, 0.29) is 6.04 Å². The van der Waals surface area contributed by atoms with E-state index in [2.05, 4.69) is 6.92 Å². The second-order valence-corrected chi connectivity index (χ2v) is 5.45. The van der Waals surface area contributed by atoms with Gasteiger partial charge in [-0.3, -0.25) is 0 Å². The molecule has 19 heavy (non-hydrogen) atoms. The maximum Gasteiger partial charge on any atom is 0.127 e. The van der Waals surface area contributed by atoms with Gasteiger partial charge in [0.1, 0.15) is 11.5 Å². The summed E-state index contributed by atoms with van der Waals surface area (Å²) in [6, 6.07) is 5.87. The van der Waals surface area contributed by atoms with Crippen LogP contribution in [0.4, 0.5) is 0 Å².